The summed E-state index contributed by atoms with van der Waals surface area (Å²) in [6.45, 7) is 7.98. The van der Waals surface area contributed by atoms with Crippen LogP contribution in [0.25, 0.3) is 0 Å². The lowest BCUT2D eigenvalue weighted by molar-refractivity contribution is -0.208. The summed E-state index contributed by atoms with van der Waals surface area (Å²) >= 11 is 0. The molecule has 0 heterocycles. The molecule has 0 spiro atoms. The van der Waals surface area contributed by atoms with E-state index in [2.05, 4.69) is 6.92 Å². The second-order valence-corrected chi connectivity index (χ2v) is 6.07. The molecule has 0 aromatic heterocycles. The Hall–Kier alpha value is -0.570. The Labute approximate surface area is 105 Å². The van der Waals surface area contributed by atoms with Crippen molar-refractivity contribution in [1.29, 1.82) is 0 Å². The topological polar surface area (TPSA) is 35.5 Å². The average Bonchev–Trinajstić information content (AvgIpc) is 2.73. The summed E-state index contributed by atoms with van der Waals surface area (Å²) in [6.07, 6.45) is 4.93. The molecule has 0 aromatic rings. The molecule has 1 rings (SSSR count). The highest BCUT2D eigenvalue weighted by Crippen LogP contribution is 2.42. The van der Waals surface area contributed by atoms with E-state index >= 15 is 0 Å². The van der Waals surface area contributed by atoms with Gasteiger partial charge in [0, 0.05) is 12.5 Å². The van der Waals surface area contributed by atoms with Gasteiger partial charge in [0.2, 0.25) is 6.29 Å². The van der Waals surface area contributed by atoms with E-state index in [4.69, 9.17) is 9.47 Å². The van der Waals surface area contributed by atoms with Crippen LogP contribution < -0.4 is 0 Å². The van der Waals surface area contributed by atoms with Crippen LogP contribution in [0.4, 0.5) is 0 Å². The van der Waals surface area contributed by atoms with Crippen LogP contribution in [0.5, 0.6) is 0 Å². The Bertz CT molecular complexity index is 265. The average molecular weight is 242 g/mol. The van der Waals surface area contributed by atoms with Crippen molar-refractivity contribution in [1.82, 2.24) is 0 Å². The van der Waals surface area contributed by atoms with Crippen molar-refractivity contribution in [2.24, 2.45) is 10.8 Å². The van der Waals surface area contributed by atoms with Crippen LogP contribution in [0.2, 0.25) is 0 Å². The Morgan fingerprint density at radius 3 is 2.29 bits per heavy atom. The summed E-state index contributed by atoms with van der Waals surface area (Å²) in [5.41, 5.74) is -0.431. The van der Waals surface area contributed by atoms with Crippen LogP contribution in [0, 0.1) is 10.8 Å². The molecule has 3 heteroatoms. The van der Waals surface area contributed by atoms with Gasteiger partial charge in [-0.25, -0.2) is 0 Å². The fraction of sp³-hybridized carbons (Fsp3) is 0.929. The lowest BCUT2D eigenvalue weighted by atomic mass is 9.87. The van der Waals surface area contributed by atoms with Gasteiger partial charge in [-0.1, -0.05) is 26.7 Å². The first-order chi connectivity index (χ1) is 7.85. The van der Waals surface area contributed by atoms with Gasteiger partial charge in [0.1, 0.15) is 0 Å². The number of carbonyl (C=O) groups excluding carboxylic acids is 1. The van der Waals surface area contributed by atoms with E-state index in [1.54, 1.807) is 7.11 Å². The van der Waals surface area contributed by atoms with Gasteiger partial charge in [-0.3, -0.25) is 4.79 Å². The van der Waals surface area contributed by atoms with Crippen molar-refractivity contribution < 1.29 is 14.3 Å². The van der Waals surface area contributed by atoms with Crippen LogP contribution >= 0.6 is 0 Å². The number of methoxy groups -OCH3 is 1. The third-order valence-electron chi connectivity index (χ3n) is 4.18. The zero-order valence-electron chi connectivity index (χ0n) is 11.8. The summed E-state index contributed by atoms with van der Waals surface area (Å²) in [4.78, 5) is 12.1. The van der Waals surface area contributed by atoms with Crippen molar-refractivity contribution in [2.75, 3.05) is 7.11 Å². The predicted octanol–water partition coefficient (Wildman–Crippen LogP) is 3.52. The molecule has 0 N–H and O–H groups in total. The first-order valence-corrected chi connectivity index (χ1v) is 6.59. The molecule has 100 valence electrons. The van der Waals surface area contributed by atoms with E-state index in [0.29, 0.717) is 0 Å². The number of hydrogen-bond donors (Lipinski definition) is 0. The number of esters is 1. The minimum absolute atomic E-state index is 0.00572. The van der Waals surface area contributed by atoms with Gasteiger partial charge in [0.15, 0.2) is 0 Å². The number of rotatable bonds is 5. The summed E-state index contributed by atoms with van der Waals surface area (Å²) in [7, 11) is 1.63. The number of carbonyl (C=O) groups is 1. The molecule has 1 aliphatic carbocycles. The monoisotopic (exact) mass is 242 g/mol. The Balaban J connectivity index is 2.67. The molecular weight excluding hydrogens is 216 g/mol. The van der Waals surface area contributed by atoms with Gasteiger partial charge in [-0.15, -0.1) is 0 Å². The van der Waals surface area contributed by atoms with Crippen molar-refractivity contribution >= 4 is 5.97 Å². The first kappa shape index (κ1) is 14.5. The highest BCUT2D eigenvalue weighted by Gasteiger charge is 2.41. The summed E-state index contributed by atoms with van der Waals surface area (Å²) in [5.74, 6) is -0.153. The lowest BCUT2D eigenvalue weighted by Gasteiger charge is -2.34. The molecule has 1 unspecified atom stereocenters. The molecule has 0 aliphatic heterocycles. The van der Waals surface area contributed by atoms with E-state index in [9.17, 15) is 4.79 Å². The summed E-state index contributed by atoms with van der Waals surface area (Å²) in [6, 6.07) is 0. The van der Waals surface area contributed by atoms with Gasteiger partial charge in [0.25, 0.3) is 0 Å². The van der Waals surface area contributed by atoms with Gasteiger partial charge in [-0.05, 0) is 33.1 Å². The molecular formula is C14H26O3. The molecule has 1 atom stereocenters. The number of ether oxygens (including phenoxy) is 2. The maximum atomic E-state index is 12.1. The van der Waals surface area contributed by atoms with Crippen LogP contribution in [0.15, 0.2) is 0 Å². The molecule has 17 heavy (non-hydrogen) atoms. The molecule has 0 amide bonds. The highest BCUT2D eigenvalue weighted by molar-refractivity contribution is 5.75. The van der Waals surface area contributed by atoms with Crippen LogP contribution in [0.3, 0.4) is 0 Å². The molecule has 0 radical (unpaired) electrons. The van der Waals surface area contributed by atoms with Gasteiger partial charge >= 0.3 is 5.97 Å². The Morgan fingerprint density at radius 1 is 1.35 bits per heavy atom. The molecule has 0 aromatic carbocycles. The van der Waals surface area contributed by atoms with Gasteiger partial charge in [0.05, 0.1) is 5.41 Å². The maximum Gasteiger partial charge on any atom is 0.313 e. The van der Waals surface area contributed by atoms with E-state index in [0.717, 1.165) is 19.3 Å². The molecule has 1 aliphatic rings. The van der Waals surface area contributed by atoms with Crippen LogP contribution in [-0.2, 0) is 14.3 Å². The SMILES string of the molecule is CCC(C)(C)C(=O)OC(OC)C1(C)CCCC1. The zero-order valence-corrected chi connectivity index (χ0v) is 11.8. The van der Waals surface area contributed by atoms with E-state index in [-0.39, 0.29) is 11.4 Å². The highest BCUT2D eigenvalue weighted by atomic mass is 16.7. The maximum absolute atomic E-state index is 12.1. The van der Waals surface area contributed by atoms with Crippen LogP contribution in [0.1, 0.15) is 59.8 Å². The quantitative estimate of drug-likeness (QED) is 0.546. The molecule has 3 nitrogen and oxygen atoms in total. The van der Waals surface area contributed by atoms with E-state index < -0.39 is 11.7 Å². The predicted molar refractivity (Wildman–Crippen MR) is 67.5 cm³/mol. The van der Waals surface area contributed by atoms with E-state index in [1.165, 1.54) is 12.8 Å². The second kappa shape index (κ2) is 5.38. The van der Waals surface area contributed by atoms with Crippen molar-refractivity contribution in [3.63, 3.8) is 0 Å². The third-order valence-corrected chi connectivity index (χ3v) is 4.18. The molecule has 1 saturated carbocycles. The lowest BCUT2D eigenvalue weighted by Crippen LogP contribution is -2.39. The van der Waals surface area contributed by atoms with Crippen molar-refractivity contribution in [2.45, 2.75) is 66.1 Å². The minimum atomic E-state index is -0.425. The summed E-state index contributed by atoms with van der Waals surface area (Å²) in [5, 5.41) is 0. The van der Waals surface area contributed by atoms with Crippen molar-refractivity contribution in [3.8, 4) is 0 Å². The molecule has 1 fully saturated rings. The van der Waals surface area contributed by atoms with Gasteiger partial charge < -0.3 is 9.47 Å². The normalized spacial score (nSPS) is 21.2. The third kappa shape index (κ3) is 3.21. The number of hydrogen-bond acceptors (Lipinski definition) is 3. The van der Waals surface area contributed by atoms with Gasteiger partial charge in [-0.2, -0.15) is 0 Å². The Kier molecular flexibility index (Phi) is 4.59. The second-order valence-electron chi connectivity index (χ2n) is 6.07. The Morgan fingerprint density at radius 2 is 1.88 bits per heavy atom. The summed E-state index contributed by atoms with van der Waals surface area (Å²) < 4.78 is 11.0. The van der Waals surface area contributed by atoms with Crippen LogP contribution in [-0.4, -0.2) is 19.4 Å². The fourth-order valence-corrected chi connectivity index (χ4v) is 2.29. The molecule has 0 bridgehead atoms. The fourth-order valence-electron chi connectivity index (χ4n) is 2.29. The zero-order chi connectivity index (χ0) is 13.1. The minimum Gasteiger partial charge on any atom is -0.435 e. The standard InChI is InChI=1S/C14H26O3/c1-6-13(2,3)11(15)17-12(16-5)14(4)9-7-8-10-14/h12H,6-10H2,1-5H3. The van der Waals surface area contributed by atoms with E-state index in [1.807, 2.05) is 20.8 Å². The molecule has 0 saturated heterocycles. The smallest absolute Gasteiger partial charge is 0.313 e. The first-order valence-electron chi connectivity index (χ1n) is 6.59. The largest absolute Gasteiger partial charge is 0.435 e. The van der Waals surface area contributed by atoms with Crippen molar-refractivity contribution in [3.05, 3.63) is 0 Å².